The summed E-state index contributed by atoms with van der Waals surface area (Å²) in [6, 6.07) is 14.4. The standard InChI is InChI=1S/C27H31N3O4/c1-34-21-12-8-11-20(17-21)30-18-24(22-13-6-7-14-23(22)27(30)33)26(32)28-16-15-25(31)29-19-9-4-2-3-5-10-19/h6-8,11-14,17-19H,2-5,9-10,15-16H2,1H3,(H,28,32)(H,29,31). The molecule has 0 radical (unpaired) electrons. The van der Waals surface area contributed by atoms with Crippen molar-refractivity contribution >= 4 is 22.6 Å². The zero-order valence-corrected chi connectivity index (χ0v) is 19.5. The minimum Gasteiger partial charge on any atom is -0.497 e. The van der Waals surface area contributed by atoms with E-state index in [-0.39, 0.29) is 36.4 Å². The summed E-state index contributed by atoms with van der Waals surface area (Å²) in [5.74, 6) is 0.247. The van der Waals surface area contributed by atoms with E-state index in [0.717, 1.165) is 25.7 Å². The van der Waals surface area contributed by atoms with Crippen LogP contribution in [0.1, 0.15) is 55.3 Å². The fourth-order valence-corrected chi connectivity index (χ4v) is 4.53. The molecule has 1 fully saturated rings. The van der Waals surface area contributed by atoms with E-state index < -0.39 is 0 Å². The molecule has 7 heteroatoms. The molecule has 34 heavy (non-hydrogen) atoms. The summed E-state index contributed by atoms with van der Waals surface area (Å²) in [4.78, 5) is 38.6. The second kappa shape index (κ2) is 11.0. The largest absolute Gasteiger partial charge is 0.497 e. The van der Waals surface area contributed by atoms with Gasteiger partial charge in [-0.25, -0.2) is 0 Å². The molecule has 2 amide bonds. The van der Waals surface area contributed by atoms with Gasteiger partial charge in [0, 0.05) is 42.0 Å². The highest BCUT2D eigenvalue weighted by Gasteiger charge is 2.17. The second-order valence-electron chi connectivity index (χ2n) is 8.73. The molecule has 0 spiro atoms. The Morgan fingerprint density at radius 1 is 1.00 bits per heavy atom. The van der Waals surface area contributed by atoms with Crippen LogP contribution in [-0.4, -0.2) is 36.1 Å². The first-order chi connectivity index (χ1) is 16.6. The smallest absolute Gasteiger partial charge is 0.262 e. The van der Waals surface area contributed by atoms with Crippen LogP contribution >= 0.6 is 0 Å². The molecule has 0 aliphatic heterocycles. The van der Waals surface area contributed by atoms with E-state index in [0.29, 0.717) is 27.8 Å². The second-order valence-corrected chi connectivity index (χ2v) is 8.73. The van der Waals surface area contributed by atoms with E-state index in [4.69, 9.17) is 4.74 Å². The number of carbonyl (C=O) groups is 2. The predicted octanol–water partition coefficient (Wildman–Crippen LogP) is 3.96. The van der Waals surface area contributed by atoms with Crippen molar-refractivity contribution in [2.75, 3.05) is 13.7 Å². The Hall–Kier alpha value is -3.61. The zero-order chi connectivity index (χ0) is 23.9. The molecule has 0 atom stereocenters. The van der Waals surface area contributed by atoms with Crippen LogP contribution in [-0.2, 0) is 4.79 Å². The van der Waals surface area contributed by atoms with Crippen molar-refractivity contribution < 1.29 is 14.3 Å². The molecule has 7 nitrogen and oxygen atoms in total. The molecule has 1 aliphatic rings. The molecule has 1 aromatic heterocycles. The van der Waals surface area contributed by atoms with Crippen molar-refractivity contribution in [2.45, 2.75) is 51.0 Å². The van der Waals surface area contributed by atoms with Crippen molar-refractivity contribution in [3.63, 3.8) is 0 Å². The topological polar surface area (TPSA) is 89.4 Å². The van der Waals surface area contributed by atoms with Gasteiger partial charge in [-0.3, -0.25) is 19.0 Å². The summed E-state index contributed by atoms with van der Waals surface area (Å²) in [6.45, 7) is 0.226. The lowest BCUT2D eigenvalue weighted by molar-refractivity contribution is -0.121. The third-order valence-corrected chi connectivity index (χ3v) is 6.36. The van der Waals surface area contributed by atoms with Gasteiger partial charge in [0.15, 0.2) is 0 Å². The number of ether oxygens (including phenoxy) is 1. The van der Waals surface area contributed by atoms with E-state index in [2.05, 4.69) is 10.6 Å². The SMILES string of the molecule is COc1cccc(-n2cc(C(=O)NCCC(=O)NC3CCCCCC3)c3ccccc3c2=O)c1. The van der Waals surface area contributed by atoms with Gasteiger partial charge in [0.2, 0.25) is 5.91 Å². The maximum absolute atomic E-state index is 13.2. The van der Waals surface area contributed by atoms with Gasteiger partial charge in [-0.1, -0.05) is 49.9 Å². The van der Waals surface area contributed by atoms with Gasteiger partial charge in [-0.15, -0.1) is 0 Å². The third-order valence-electron chi connectivity index (χ3n) is 6.36. The minimum absolute atomic E-state index is 0.0431. The zero-order valence-electron chi connectivity index (χ0n) is 19.5. The predicted molar refractivity (Wildman–Crippen MR) is 133 cm³/mol. The minimum atomic E-state index is -0.324. The summed E-state index contributed by atoms with van der Waals surface area (Å²) in [6.07, 6.45) is 8.58. The number of pyridine rings is 1. The Balaban J connectivity index is 1.51. The Morgan fingerprint density at radius 2 is 1.74 bits per heavy atom. The molecule has 2 aromatic carbocycles. The van der Waals surface area contributed by atoms with E-state index in [9.17, 15) is 14.4 Å². The Bertz CT molecular complexity index is 1230. The molecule has 178 valence electrons. The monoisotopic (exact) mass is 461 g/mol. The van der Waals surface area contributed by atoms with Gasteiger partial charge in [0.05, 0.1) is 18.4 Å². The van der Waals surface area contributed by atoms with E-state index in [1.807, 2.05) is 0 Å². The average Bonchev–Trinajstić information content (AvgIpc) is 3.13. The van der Waals surface area contributed by atoms with Crippen molar-refractivity contribution in [1.82, 2.24) is 15.2 Å². The lowest BCUT2D eigenvalue weighted by Gasteiger charge is -2.16. The molecule has 3 aromatic rings. The quantitative estimate of drug-likeness (QED) is 0.521. The van der Waals surface area contributed by atoms with Crippen molar-refractivity contribution in [1.29, 1.82) is 0 Å². The van der Waals surface area contributed by atoms with Crippen LogP contribution in [0, 0.1) is 0 Å². The van der Waals surface area contributed by atoms with Crippen LogP contribution in [0.25, 0.3) is 16.5 Å². The number of fused-ring (bicyclic) bond motifs is 1. The van der Waals surface area contributed by atoms with Crippen molar-refractivity contribution in [3.8, 4) is 11.4 Å². The normalized spacial score (nSPS) is 14.4. The Morgan fingerprint density at radius 3 is 2.47 bits per heavy atom. The Labute approximate surface area is 199 Å². The number of nitrogens with zero attached hydrogens (tertiary/aromatic N) is 1. The molecule has 1 saturated carbocycles. The lowest BCUT2D eigenvalue weighted by atomic mass is 10.1. The van der Waals surface area contributed by atoms with Gasteiger partial charge >= 0.3 is 0 Å². The van der Waals surface area contributed by atoms with Gasteiger partial charge in [0.25, 0.3) is 11.5 Å². The van der Waals surface area contributed by atoms with Crippen LogP contribution in [0.5, 0.6) is 5.75 Å². The van der Waals surface area contributed by atoms with Crippen molar-refractivity contribution in [3.05, 3.63) is 70.6 Å². The lowest BCUT2D eigenvalue weighted by Crippen LogP contribution is -2.37. The van der Waals surface area contributed by atoms with Gasteiger partial charge in [-0.2, -0.15) is 0 Å². The molecule has 0 bridgehead atoms. The molecule has 0 unspecified atom stereocenters. The van der Waals surface area contributed by atoms with E-state index in [1.54, 1.807) is 61.8 Å². The van der Waals surface area contributed by atoms with Gasteiger partial charge in [-0.05, 0) is 31.0 Å². The third kappa shape index (κ3) is 5.47. The molecule has 4 rings (SSSR count). The first kappa shape index (κ1) is 23.5. The van der Waals surface area contributed by atoms with Crippen LogP contribution in [0.3, 0.4) is 0 Å². The Kier molecular flexibility index (Phi) is 7.62. The number of benzene rings is 2. The summed E-state index contributed by atoms with van der Waals surface area (Å²) < 4.78 is 6.74. The van der Waals surface area contributed by atoms with Crippen LogP contribution in [0.4, 0.5) is 0 Å². The van der Waals surface area contributed by atoms with Crippen molar-refractivity contribution in [2.24, 2.45) is 0 Å². The number of methoxy groups -OCH3 is 1. The number of hydrogen-bond acceptors (Lipinski definition) is 4. The summed E-state index contributed by atoms with van der Waals surface area (Å²) in [5.41, 5.74) is 0.761. The number of rotatable bonds is 7. The summed E-state index contributed by atoms with van der Waals surface area (Å²) in [5, 5.41) is 6.98. The first-order valence-electron chi connectivity index (χ1n) is 11.9. The number of hydrogen-bond donors (Lipinski definition) is 2. The fourth-order valence-electron chi connectivity index (χ4n) is 4.53. The molecule has 2 N–H and O–H groups in total. The fraction of sp³-hybridized carbons (Fsp3) is 0.370. The number of carbonyl (C=O) groups excluding carboxylic acids is 2. The number of amides is 2. The molecular weight excluding hydrogens is 430 g/mol. The molecule has 1 heterocycles. The highest BCUT2D eigenvalue weighted by atomic mass is 16.5. The first-order valence-corrected chi connectivity index (χ1v) is 11.9. The van der Waals surface area contributed by atoms with Gasteiger partial charge in [0.1, 0.15) is 5.75 Å². The molecule has 1 aliphatic carbocycles. The average molecular weight is 462 g/mol. The maximum Gasteiger partial charge on any atom is 0.262 e. The number of nitrogens with one attached hydrogen (secondary N) is 2. The van der Waals surface area contributed by atoms with Crippen LogP contribution < -0.4 is 20.9 Å². The van der Waals surface area contributed by atoms with E-state index >= 15 is 0 Å². The number of aromatic nitrogens is 1. The summed E-state index contributed by atoms with van der Waals surface area (Å²) in [7, 11) is 1.56. The highest BCUT2D eigenvalue weighted by Crippen LogP contribution is 2.20. The molecule has 0 saturated heterocycles. The summed E-state index contributed by atoms with van der Waals surface area (Å²) >= 11 is 0. The van der Waals surface area contributed by atoms with Crippen LogP contribution in [0.15, 0.2) is 59.5 Å². The van der Waals surface area contributed by atoms with Crippen LogP contribution in [0.2, 0.25) is 0 Å². The highest BCUT2D eigenvalue weighted by molar-refractivity contribution is 6.06. The van der Waals surface area contributed by atoms with E-state index in [1.165, 1.54) is 17.4 Å². The van der Waals surface area contributed by atoms with Gasteiger partial charge < -0.3 is 15.4 Å². The maximum atomic E-state index is 13.2. The molecular formula is C27H31N3O4.